The summed E-state index contributed by atoms with van der Waals surface area (Å²) in [7, 11) is 0. The number of rotatable bonds is 6. The standard InChI is InChI=1S/C28H29N3O4/c1-3-23(32)21-13-8-14-22-25(21)26-24(17(2)35-30-26)28(34)31(22)20-12-7-9-18(15-20)16-29-27(33)19-10-5-4-6-11-19/h4-6,8,10-11,13-14,18,20H,3,7,9,12,15-16H2,1-2H3,(H,29,33). The van der Waals surface area contributed by atoms with E-state index in [1.165, 1.54) is 0 Å². The van der Waals surface area contributed by atoms with Crippen LogP contribution in [0.3, 0.4) is 0 Å². The van der Waals surface area contributed by atoms with E-state index in [9.17, 15) is 14.4 Å². The number of aromatic nitrogens is 2. The van der Waals surface area contributed by atoms with Crippen LogP contribution in [0.25, 0.3) is 21.8 Å². The average molecular weight is 472 g/mol. The lowest BCUT2D eigenvalue weighted by Crippen LogP contribution is -2.34. The summed E-state index contributed by atoms with van der Waals surface area (Å²) in [5.74, 6) is 0.637. The van der Waals surface area contributed by atoms with Crippen LogP contribution in [0.4, 0.5) is 0 Å². The van der Waals surface area contributed by atoms with Crippen molar-refractivity contribution < 1.29 is 14.1 Å². The maximum Gasteiger partial charge on any atom is 0.264 e. The number of benzene rings is 2. The highest BCUT2D eigenvalue weighted by molar-refractivity contribution is 6.16. The molecule has 1 aliphatic rings. The third-order valence-corrected chi connectivity index (χ3v) is 7.16. The van der Waals surface area contributed by atoms with Gasteiger partial charge in [0.1, 0.15) is 16.7 Å². The minimum atomic E-state index is -0.133. The fourth-order valence-corrected chi connectivity index (χ4v) is 5.41. The smallest absolute Gasteiger partial charge is 0.264 e. The summed E-state index contributed by atoms with van der Waals surface area (Å²) < 4.78 is 7.27. The summed E-state index contributed by atoms with van der Waals surface area (Å²) in [5, 5.41) is 8.36. The zero-order chi connectivity index (χ0) is 24.5. The van der Waals surface area contributed by atoms with E-state index in [-0.39, 0.29) is 29.2 Å². The summed E-state index contributed by atoms with van der Waals surface area (Å²) in [4.78, 5) is 39.1. The molecule has 1 N–H and O–H groups in total. The van der Waals surface area contributed by atoms with E-state index in [0.29, 0.717) is 51.7 Å². The van der Waals surface area contributed by atoms with E-state index in [1.807, 2.05) is 41.8 Å². The maximum atomic E-state index is 13.7. The number of nitrogens with one attached hydrogen (secondary N) is 1. The number of hydrogen-bond acceptors (Lipinski definition) is 5. The molecule has 1 saturated carbocycles. The van der Waals surface area contributed by atoms with Gasteiger partial charge in [0.25, 0.3) is 11.5 Å². The summed E-state index contributed by atoms with van der Waals surface area (Å²) in [6.07, 6.45) is 3.94. The SMILES string of the molecule is CCC(=O)c1cccc2c1c1noc(C)c1c(=O)n2C1CCCC(CNC(=O)c2ccccc2)C1. The van der Waals surface area contributed by atoms with Crippen molar-refractivity contribution in [2.24, 2.45) is 5.92 Å². The molecule has 2 atom stereocenters. The molecule has 0 aliphatic heterocycles. The number of nitrogens with zero attached hydrogens (tertiary/aromatic N) is 2. The van der Waals surface area contributed by atoms with E-state index < -0.39 is 0 Å². The number of pyridine rings is 1. The van der Waals surface area contributed by atoms with Crippen molar-refractivity contribution in [3.8, 4) is 0 Å². The molecule has 0 spiro atoms. The summed E-state index contributed by atoms with van der Waals surface area (Å²) in [6.45, 7) is 4.13. The Balaban J connectivity index is 1.52. The first kappa shape index (κ1) is 23.0. The van der Waals surface area contributed by atoms with Crippen LogP contribution in [0.2, 0.25) is 0 Å². The predicted octanol–water partition coefficient (Wildman–Crippen LogP) is 5.21. The van der Waals surface area contributed by atoms with Crippen LogP contribution >= 0.6 is 0 Å². The molecule has 35 heavy (non-hydrogen) atoms. The molecule has 2 unspecified atom stereocenters. The van der Waals surface area contributed by atoms with Gasteiger partial charge in [-0.15, -0.1) is 0 Å². The Morgan fingerprint density at radius 2 is 1.89 bits per heavy atom. The molecule has 180 valence electrons. The molecule has 1 aliphatic carbocycles. The Morgan fingerprint density at radius 3 is 2.66 bits per heavy atom. The van der Waals surface area contributed by atoms with Crippen molar-refractivity contribution in [1.29, 1.82) is 0 Å². The van der Waals surface area contributed by atoms with Gasteiger partial charge in [0.2, 0.25) is 0 Å². The van der Waals surface area contributed by atoms with Gasteiger partial charge in [-0.3, -0.25) is 14.4 Å². The molecular weight excluding hydrogens is 442 g/mol. The Hall–Kier alpha value is -3.74. The number of carbonyl (C=O) groups is 2. The first-order valence-electron chi connectivity index (χ1n) is 12.3. The van der Waals surface area contributed by atoms with E-state index in [4.69, 9.17) is 4.52 Å². The maximum absolute atomic E-state index is 13.7. The van der Waals surface area contributed by atoms with Crippen LogP contribution in [0.15, 0.2) is 57.8 Å². The number of hydrogen-bond donors (Lipinski definition) is 1. The number of fused-ring (bicyclic) bond motifs is 3. The van der Waals surface area contributed by atoms with Crippen molar-refractivity contribution in [2.75, 3.05) is 6.54 Å². The molecule has 7 heteroatoms. The molecule has 1 amide bonds. The summed E-state index contributed by atoms with van der Waals surface area (Å²) in [6, 6.07) is 14.7. The second-order valence-corrected chi connectivity index (χ2v) is 9.38. The third-order valence-electron chi connectivity index (χ3n) is 7.16. The number of ketones is 1. The van der Waals surface area contributed by atoms with Crippen molar-refractivity contribution in [2.45, 2.75) is 52.0 Å². The quantitative estimate of drug-likeness (QED) is 0.390. The van der Waals surface area contributed by atoms with E-state index in [1.54, 1.807) is 25.1 Å². The van der Waals surface area contributed by atoms with Crippen LogP contribution in [-0.4, -0.2) is 28.0 Å². The molecule has 7 nitrogen and oxygen atoms in total. The second-order valence-electron chi connectivity index (χ2n) is 9.38. The molecule has 4 aromatic rings. The molecule has 2 aromatic carbocycles. The number of amides is 1. The van der Waals surface area contributed by atoms with Crippen LogP contribution < -0.4 is 10.9 Å². The topological polar surface area (TPSA) is 94.2 Å². The van der Waals surface area contributed by atoms with E-state index in [0.717, 1.165) is 25.7 Å². The van der Waals surface area contributed by atoms with Gasteiger partial charge in [0, 0.05) is 35.5 Å². The molecular formula is C28H29N3O4. The van der Waals surface area contributed by atoms with Gasteiger partial charge in [-0.2, -0.15) is 0 Å². The van der Waals surface area contributed by atoms with Gasteiger partial charge in [-0.25, -0.2) is 0 Å². The molecule has 0 saturated heterocycles. The molecule has 5 rings (SSSR count). The highest BCUT2D eigenvalue weighted by Crippen LogP contribution is 2.36. The molecule has 1 fully saturated rings. The number of carbonyl (C=O) groups excluding carboxylic acids is 2. The van der Waals surface area contributed by atoms with Gasteiger partial charge in [0.05, 0.1) is 5.52 Å². The van der Waals surface area contributed by atoms with Crippen molar-refractivity contribution in [3.05, 3.63) is 75.8 Å². The van der Waals surface area contributed by atoms with Crippen LogP contribution in [0.5, 0.6) is 0 Å². The summed E-state index contributed by atoms with van der Waals surface area (Å²) >= 11 is 0. The normalized spacial score (nSPS) is 18.1. The van der Waals surface area contributed by atoms with Crippen LogP contribution in [0.1, 0.15) is 71.5 Å². The molecule has 2 heterocycles. The first-order chi connectivity index (χ1) is 17.0. The zero-order valence-corrected chi connectivity index (χ0v) is 20.0. The highest BCUT2D eigenvalue weighted by atomic mass is 16.5. The molecule has 0 radical (unpaired) electrons. The first-order valence-corrected chi connectivity index (χ1v) is 12.3. The number of Topliss-reactive ketones (excluding diaryl/α,β-unsaturated/α-hetero) is 1. The minimum absolute atomic E-state index is 0.00731. The highest BCUT2D eigenvalue weighted by Gasteiger charge is 2.29. The van der Waals surface area contributed by atoms with Crippen LogP contribution in [0, 0.1) is 12.8 Å². The van der Waals surface area contributed by atoms with E-state index >= 15 is 0 Å². The van der Waals surface area contributed by atoms with Gasteiger partial charge < -0.3 is 14.4 Å². The monoisotopic (exact) mass is 471 g/mol. The third kappa shape index (κ3) is 4.16. The fourth-order valence-electron chi connectivity index (χ4n) is 5.41. The Bertz CT molecular complexity index is 1470. The van der Waals surface area contributed by atoms with Gasteiger partial charge in [-0.05, 0) is 50.3 Å². The lowest BCUT2D eigenvalue weighted by atomic mass is 9.85. The average Bonchev–Trinajstić information content (AvgIpc) is 3.29. The lowest BCUT2D eigenvalue weighted by Gasteiger charge is -2.31. The largest absolute Gasteiger partial charge is 0.360 e. The second kappa shape index (κ2) is 9.49. The Labute approximate surface area is 203 Å². The number of aryl methyl sites for hydroxylation is 1. The van der Waals surface area contributed by atoms with Gasteiger partial charge >= 0.3 is 0 Å². The zero-order valence-electron chi connectivity index (χ0n) is 20.0. The minimum Gasteiger partial charge on any atom is -0.360 e. The van der Waals surface area contributed by atoms with Gasteiger partial charge in [-0.1, -0.05) is 48.8 Å². The lowest BCUT2D eigenvalue weighted by molar-refractivity contribution is 0.0939. The Kier molecular flexibility index (Phi) is 6.24. The van der Waals surface area contributed by atoms with Crippen molar-refractivity contribution >= 4 is 33.5 Å². The van der Waals surface area contributed by atoms with E-state index in [2.05, 4.69) is 10.5 Å². The predicted molar refractivity (Wildman–Crippen MR) is 135 cm³/mol. The molecule has 2 aromatic heterocycles. The van der Waals surface area contributed by atoms with Crippen molar-refractivity contribution in [1.82, 2.24) is 15.0 Å². The Morgan fingerprint density at radius 1 is 1.09 bits per heavy atom. The van der Waals surface area contributed by atoms with Gasteiger partial charge in [0.15, 0.2) is 5.78 Å². The van der Waals surface area contributed by atoms with Crippen LogP contribution in [-0.2, 0) is 0 Å². The summed E-state index contributed by atoms with van der Waals surface area (Å²) in [5.41, 5.74) is 2.25. The molecule has 0 bridgehead atoms. The fraction of sp³-hybridized carbons (Fsp3) is 0.357. The van der Waals surface area contributed by atoms with Crippen molar-refractivity contribution in [3.63, 3.8) is 0 Å².